The molecule has 0 unspecified atom stereocenters. The molecule has 1 aliphatic carbocycles. The van der Waals surface area contributed by atoms with E-state index >= 15 is 0 Å². The van der Waals surface area contributed by atoms with Gasteiger partial charge in [0, 0.05) is 36.6 Å². The van der Waals surface area contributed by atoms with Crippen LogP contribution in [0.3, 0.4) is 0 Å². The summed E-state index contributed by atoms with van der Waals surface area (Å²) < 4.78 is 41.6. The number of hydrogen-bond acceptors (Lipinski definition) is 6. The van der Waals surface area contributed by atoms with E-state index in [-0.39, 0.29) is 4.90 Å². The van der Waals surface area contributed by atoms with Crippen LogP contribution in [0.1, 0.15) is 44.1 Å². The Bertz CT molecular complexity index is 1050. The van der Waals surface area contributed by atoms with Crippen molar-refractivity contribution in [1.82, 2.24) is 24.6 Å². The van der Waals surface area contributed by atoms with Crippen LogP contribution >= 0.6 is 11.8 Å². The molecule has 3 aromatic rings. The van der Waals surface area contributed by atoms with Gasteiger partial charge in [-0.3, -0.25) is 4.98 Å². The summed E-state index contributed by atoms with van der Waals surface area (Å²) in [7, 11) is 0. The van der Waals surface area contributed by atoms with Crippen molar-refractivity contribution in [2.24, 2.45) is 5.41 Å². The maximum atomic E-state index is 13.3. The highest BCUT2D eigenvalue weighted by atomic mass is 32.2. The first-order valence-corrected chi connectivity index (χ1v) is 10.9. The van der Waals surface area contributed by atoms with E-state index in [0.717, 1.165) is 43.9 Å². The Morgan fingerprint density at radius 3 is 2.47 bits per heavy atom. The number of fused-ring (bicyclic) bond motifs is 1. The first kappa shape index (κ1) is 19.6. The van der Waals surface area contributed by atoms with Crippen molar-refractivity contribution in [2.45, 2.75) is 54.5 Å². The first-order chi connectivity index (χ1) is 14.5. The van der Waals surface area contributed by atoms with Crippen LogP contribution in [0, 0.1) is 5.41 Å². The van der Waals surface area contributed by atoms with E-state index in [2.05, 4.69) is 25.0 Å². The molecule has 0 aromatic carbocycles. The summed E-state index contributed by atoms with van der Waals surface area (Å²) in [6.45, 7) is 1.83. The van der Waals surface area contributed by atoms with Gasteiger partial charge < -0.3 is 4.90 Å². The van der Waals surface area contributed by atoms with Crippen LogP contribution < -0.4 is 4.90 Å². The van der Waals surface area contributed by atoms with Crippen LogP contribution in [-0.4, -0.2) is 37.7 Å². The van der Waals surface area contributed by atoms with Crippen molar-refractivity contribution in [3.05, 3.63) is 36.5 Å². The van der Waals surface area contributed by atoms with Gasteiger partial charge in [0.05, 0.1) is 10.5 Å². The molecule has 1 saturated heterocycles. The summed E-state index contributed by atoms with van der Waals surface area (Å²) in [6, 6.07) is 1.36. The summed E-state index contributed by atoms with van der Waals surface area (Å²) in [5.41, 5.74) is 0.231. The normalized spacial score (nSPS) is 19.1. The highest BCUT2D eigenvalue weighted by Gasteiger charge is 2.38. The molecule has 1 aliphatic heterocycles. The van der Waals surface area contributed by atoms with Crippen LogP contribution in [0.15, 0.2) is 40.8 Å². The smallest absolute Gasteiger partial charge is 0.341 e. The molecule has 5 rings (SSSR count). The van der Waals surface area contributed by atoms with Crippen LogP contribution in [0.25, 0.3) is 5.65 Å². The molecule has 2 aliphatic rings. The molecule has 30 heavy (non-hydrogen) atoms. The van der Waals surface area contributed by atoms with Gasteiger partial charge in [0.1, 0.15) is 6.33 Å². The second-order valence-electron chi connectivity index (χ2n) is 8.08. The SMILES string of the molecule is FC(F)(F)c1cnccc1Sc1cnc(N2CCC3(CCCC3)CC2)n2ncnc12. The molecule has 4 heterocycles. The van der Waals surface area contributed by atoms with Crippen LogP contribution in [0.5, 0.6) is 0 Å². The van der Waals surface area contributed by atoms with E-state index in [0.29, 0.717) is 21.9 Å². The molecule has 3 aromatic heterocycles. The number of hydrogen-bond donors (Lipinski definition) is 0. The molecule has 1 saturated carbocycles. The zero-order valence-electron chi connectivity index (χ0n) is 16.3. The Balaban J connectivity index is 1.43. The lowest BCUT2D eigenvalue weighted by molar-refractivity contribution is -0.140. The number of halogens is 3. The lowest BCUT2D eigenvalue weighted by Gasteiger charge is -2.39. The largest absolute Gasteiger partial charge is 0.418 e. The van der Waals surface area contributed by atoms with Crippen molar-refractivity contribution in [3.8, 4) is 0 Å². The van der Waals surface area contributed by atoms with Gasteiger partial charge in [0.25, 0.3) is 0 Å². The van der Waals surface area contributed by atoms with Crippen LogP contribution in [0.4, 0.5) is 19.1 Å². The van der Waals surface area contributed by atoms with Gasteiger partial charge >= 0.3 is 6.18 Å². The van der Waals surface area contributed by atoms with Gasteiger partial charge in [-0.15, -0.1) is 0 Å². The number of alkyl halides is 3. The maximum absolute atomic E-state index is 13.3. The second kappa shape index (κ2) is 7.40. The van der Waals surface area contributed by atoms with Crippen molar-refractivity contribution in [1.29, 1.82) is 0 Å². The predicted molar refractivity (Wildman–Crippen MR) is 106 cm³/mol. The van der Waals surface area contributed by atoms with Crippen molar-refractivity contribution < 1.29 is 13.2 Å². The molecule has 10 heteroatoms. The number of piperidine rings is 1. The lowest BCUT2D eigenvalue weighted by atomic mass is 9.77. The number of rotatable bonds is 3. The van der Waals surface area contributed by atoms with E-state index in [4.69, 9.17) is 0 Å². The minimum atomic E-state index is -4.47. The zero-order chi connectivity index (χ0) is 20.8. The first-order valence-electron chi connectivity index (χ1n) is 10.1. The number of aromatic nitrogens is 5. The standard InChI is InChI=1S/C20H21F3N6S/c21-20(22,23)14-11-24-8-3-15(14)30-16-12-25-18(29-17(16)26-13-27-29)28-9-6-19(7-10-28)4-1-2-5-19/h3,8,11-13H,1-2,4-7,9-10H2. The Hall–Kier alpha value is -2.36. The Morgan fingerprint density at radius 2 is 1.73 bits per heavy atom. The van der Waals surface area contributed by atoms with Gasteiger partial charge in [-0.1, -0.05) is 24.6 Å². The van der Waals surface area contributed by atoms with Crippen LogP contribution in [-0.2, 0) is 6.18 Å². The van der Waals surface area contributed by atoms with E-state index in [1.807, 2.05) is 0 Å². The second-order valence-corrected chi connectivity index (χ2v) is 9.17. The average Bonchev–Trinajstić information content (AvgIpc) is 3.39. The molecule has 0 amide bonds. The highest BCUT2D eigenvalue weighted by molar-refractivity contribution is 7.99. The van der Waals surface area contributed by atoms with Crippen molar-refractivity contribution in [2.75, 3.05) is 18.0 Å². The van der Waals surface area contributed by atoms with E-state index in [9.17, 15) is 13.2 Å². The van der Waals surface area contributed by atoms with Gasteiger partial charge in [-0.05, 0) is 37.2 Å². The molecule has 0 N–H and O–H groups in total. The molecule has 0 radical (unpaired) electrons. The third-order valence-electron chi connectivity index (χ3n) is 6.33. The number of nitrogens with zero attached hydrogens (tertiary/aromatic N) is 6. The zero-order valence-corrected chi connectivity index (χ0v) is 17.1. The summed E-state index contributed by atoms with van der Waals surface area (Å²) in [5, 5.41) is 4.31. The number of pyridine rings is 1. The molecule has 0 atom stereocenters. The molecule has 1 spiro atoms. The summed E-state index contributed by atoms with van der Waals surface area (Å²) >= 11 is 0.981. The summed E-state index contributed by atoms with van der Waals surface area (Å²) in [4.78, 5) is 15.3. The monoisotopic (exact) mass is 434 g/mol. The fraction of sp³-hybridized carbons (Fsp3) is 0.500. The van der Waals surface area contributed by atoms with Crippen molar-refractivity contribution >= 4 is 23.4 Å². The predicted octanol–water partition coefficient (Wildman–Crippen LogP) is 4.85. The lowest BCUT2D eigenvalue weighted by Crippen LogP contribution is -2.40. The van der Waals surface area contributed by atoms with E-state index in [1.165, 1.54) is 44.3 Å². The van der Waals surface area contributed by atoms with Gasteiger partial charge in [-0.2, -0.15) is 22.8 Å². The van der Waals surface area contributed by atoms with Gasteiger partial charge in [0.2, 0.25) is 5.95 Å². The summed E-state index contributed by atoms with van der Waals surface area (Å²) in [5.74, 6) is 0.700. The molecule has 2 fully saturated rings. The molecule has 0 bridgehead atoms. The average molecular weight is 434 g/mol. The molecule has 6 nitrogen and oxygen atoms in total. The topological polar surface area (TPSA) is 59.2 Å². The number of anilines is 1. The van der Waals surface area contributed by atoms with Crippen molar-refractivity contribution in [3.63, 3.8) is 0 Å². The minimum absolute atomic E-state index is 0.0677. The fourth-order valence-corrected chi connectivity index (χ4v) is 5.66. The quantitative estimate of drug-likeness (QED) is 0.587. The highest BCUT2D eigenvalue weighted by Crippen LogP contribution is 2.46. The van der Waals surface area contributed by atoms with E-state index < -0.39 is 11.7 Å². The Labute approximate surface area is 175 Å². The van der Waals surface area contributed by atoms with Gasteiger partial charge in [-0.25, -0.2) is 9.97 Å². The van der Waals surface area contributed by atoms with E-state index in [1.54, 1.807) is 10.7 Å². The maximum Gasteiger partial charge on any atom is 0.418 e. The minimum Gasteiger partial charge on any atom is -0.341 e. The Kier molecular flexibility index (Phi) is 4.83. The summed E-state index contributed by atoms with van der Waals surface area (Å²) in [6.07, 6.45) is 8.32. The third kappa shape index (κ3) is 3.51. The van der Waals surface area contributed by atoms with Gasteiger partial charge in [0.15, 0.2) is 5.65 Å². The third-order valence-corrected chi connectivity index (χ3v) is 7.42. The molecular weight excluding hydrogens is 413 g/mol. The molecule has 158 valence electrons. The molecular formula is C20H21F3N6S. The van der Waals surface area contributed by atoms with Crippen LogP contribution in [0.2, 0.25) is 0 Å². The fourth-order valence-electron chi connectivity index (χ4n) is 4.68. The Morgan fingerprint density at radius 1 is 0.967 bits per heavy atom.